The number of morpholine rings is 1. The van der Waals surface area contributed by atoms with Gasteiger partial charge in [-0.25, -0.2) is 0 Å². The molecule has 3 saturated heterocycles. The van der Waals surface area contributed by atoms with Gasteiger partial charge in [-0.05, 0) is 38.1 Å². The number of fused-ring (bicyclic) bond motifs is 2. The SMILES string of the molecule is CCN1CCOC(CNC(=O)CC2CC3CCC(C2)N3)C1. The molecule has 2 N–H and O–H groups in total. The van der Waals surface area contributed by atoms with Crippen LogP contribution in [0.2, 0.25) is 0 Å². The molecule has 1 amide bonds. The van der Waals surface area contributed by atoms with Crippen LogP contribution >= 0.6 is 0 Å². The van der Waals surface area contributed by atoms with Gasteiger partial charge in [-0.1, -0.05) is 6.92 Å². The first-order valence-corrected chi connectivity index (χ1v) is 8.59. The summed E-state index contributed by atoms with van der Waals surface area (Å²) >= 11 is 0. The second-order valence-corrected chi connectivity index (χ2v) is 6.87. The van der Waals surface area contributed by atoms with Gasteiger partial charge < -0.3 is 15.4 Å². The van der Waals surface area contributed by atoms with E-state index in [1.807, 2.05) is 0 Å². The lowest BCUT2D eigenvalue weighted by molar-refractivity contribution is -0.123. The quantitative estimate of drug-likeness (QED) is 0.786. The molecule has 0 aliphatic carbocycles. The first-order valence-electron chi connectivity index (χ1n) is 8.59. The minimum Gasteiger partial charge on any atom is -0.374 e. The Morgan fingerprint density at radius 1 is 1.33 bits per heavy atom. The topological polar surface area (TPSA) is 53.6 Å². The maximum absolute atomic E-state index is 12.1. The van der Waals surface area contributed by atoms with E-state index in [2.05, 4.69) is 22.5 Å². The van der Waals surface area contributed by atoms with Crippen molar-refractivity contribution in [1.82, 2.24) is 15.5 Å². The van der Waals surface area contributed by atoms with Crippen LogP contribution in [0.25, 0.3) is 0 Å². The van der Waals surface area contributed by atoms with Crippen molar-refractivity contribution in [2.75, 3.05) is 32.8 Å². The molecule has 21 heavy (non-hydrogen) atoms. The van der Waals surface area contributed by atoms with Gasteiger partial charge in [0.2, 0.25) is 5.91 Å². The Morgan fingerprint density at radius 2 is 2.10 bits per heavy atom. The Morgan fingerprint density at radius 3 is 2.81 bits per heavy atom. The summed E-state index contributed by atoms with van der Waals surface area (Å²) in [5.74, 6) is 0.779. The Labute approximate surface area is 127 Å². The van der Waals surface area contributed by atoms with Gasteiger partial charge in [0, 0.05) is 38.1 Å². The molecule has 3 atom stereocenters. The number of piperidine rings is 1. The lowest BCUT2D eigenvalue weighted by Gasteiger charge is -2.32. The fraction of sp³-hybridized carbons (Fsp3) is 0.938. The standard InChI is InChI=1S/C16H29N3O2/c1-2-19-5-6-21-15(11-19)10-17-16(20)9-12-7-13-3-4-14(8-12)18-13/h12-15,18H,2-11H2,1H3,(H,17,20). The molecule has 3 heterocycles. The molecule has 5 nitrogen and oxygen atoms in total. The molecule has 3 aliphatic rings. The number of carbonyl (C=O) groups excluding carboxylic acids is 1. The van der Waals surface area contributed by atoms with Gasteiger partial charge in [0.25, 0.3) is 0 Å². The van der Waals surface area contributed by atoms with E-state index in [0.717, 1.165) is 26.2 Å². The normalized spacial score (nSPS) is 36.6. The maximum Gasteiger partial charge on any atom is 0.220 e. The predicted octanol–water partition coefficient (Wildman–Crippen LogP) is 0.744. The second kappa shape index (κ2) is 7.07. The average Bonchev–Trinajstić information content (AvgIpc) is 2.84. The van der Waals surface area contributed by atoms with Crippen molar-refractivity contribution >= 4 is 5.91 Å². The van der Waals surface area contributed by atoms with Crippen LogP contribution in [0, 0.1) is 5.92 Å². The Balaban J connectivity index is 1.36. The zero-order chi connectivity index (χ0) is 14.7. The van der Waals surface area contributed by atoms with Crippen LogP contribution < -0.4 is 10.6 Å². The van der Waals surface area contributed by atoms with Gasteiger partial charge in [-0.15, -0.1) is 0 Å². The van der Waals surface area contributed by atoms with E-state index in [4.69, 9.17) is 4.74 Å². The van der Waals surface area contributed by atoms with Crippen LogP contribution in [-0.4, -0.2) is 61.8 Å². The highest BCUT2D eigenvalue weighted by atomic mass is 16.5. The van der Waals surface area contributed by atoms with Gasteiger partial charge in [0.15, 0.2) is 0 Å². The first-order chi connectivity index (χ1) is 10.2. The summed E-state index contributed by atoms with van der Waals surface area (Å²) in [6.45, 7) is 6.63. The second-order valence-electron chi connectivity index (χ2n) is 6.87. The highest BCUT2D eigenvalue weighted by molar-refractivity contribution is 5.76. The minimum atomic E-state index is 0.159. The van der Waals surface area contributed by atoms with Crippen molar-refractivity contribution in [2.24, 2.45) is 5.92 Å². The molecule has 2 bridgehead atoms. The molecule has 0 spiro atoms. The lowest BCUT2D eigenvalue weighted by Crippen LogP contribution is -2.47. The minimum absolute atomic E-state index is 0.159. The van der Waals surface area contributed by atoms with Crippen LogP contribution in [0.3, 0.4) is 0 Å². The van der Waals surface area contributed by atoms with Crippen molar-refractivity contribution < 1.29 is 9.53 Å². The van der Waals surface area contributed by atoms with Crippen LogP contribution in [0.5, 0.6) is 0 Å². The van der Waals surface area contributed by atoms with E-state index < -0.39 is 0 Å². The fourth-order valence-corrected chi connectivity index (χ4v) is 4.09. The van der Waals surface area contributed by atoms with E-state index in [1.54, 1.807) is 0 Å². The molecule has 0 aromatic rings. The molecular weight excluding hydrogens is 266 g/mol. The monoisotopic (exact) mass is 295 g/mol. The van der Waals surface area contributed by atoms with Crippen LogP contribution in [0.15, 0.2) is 0 Å². The third-order valence-electron chi connectivity index (χ3n) is 5.24. The molecule has 3 rings (SSSR count). The zero-order valence-electron chi connectivity index (χ0n) is 13.1. The molecule has 0 saturated carbocycles. The Bertz CT molecular complexity index is 351. The highest BCUT2D eigenvalue weighted by Gasteiger charge is 2.34. The summed E-state index contributed by atoms with van der Waals surface area (Å²) in [7, 11) is 0. The van der Waals surface area contributed by atoms with Crippen molar-refractivity contribution in [3.8, 4) is 0 Å². The van der Waals surface area contributed by atoms with Gasteiger partial charge >= 0.3 is 0 Å². The van der Waals surface area contributed by atoms with E-state index in [-0.39, 0.29) is 12.0 Å². The predicted molar refractivity (Wildman–Crippen MR) is 82.2 cm³/mol. The molecular formula is C16H29N3O2. The number of rotatable bonds is 5. The Kier molecular flexibility index (Phi) is 5.14. The average molecular weight is 295 g/mol. The molecule has 0 aromatic heterocycles. The summed E-state index contributed by atoms with van der Waals surface area (Å²) in [6, 6.07) is 1.34. The third kappa shape index (κ3) is 4.18. The van der Waals surface area contributed by atoms with E-state index in [0.29, 0.717) is 31.0 Å². The number of amides is 1. The molecule has 120 valence electrons. The summed E-state index contributed by atoms with van der Waals surface area (Å²) < 4.78 is 5.73. The third-order valence-corrected chi connectivity index (χ3v) is 5.24. The van der Waals surface area contributed by atoms with Crippen molar-refractivity contribution in [1.29, 1.82) is 0 Å². The number of hydrogen-bond donors (Lipinski definition) is 2. The number of nitrogens with zero attached hydrogens (tertiary/aromatic N) is 1. The molecule has 0 radical (unpaired) electrons. The van der Waals surface area contributed by atoms with Crippen molar-refractivity contribution in [3.63, 3.8) is 0 Å². The highest BCUT2D eigenvalue weighted by Crippen LogP contribution is 2.32. The maximum atomic E-state index is 12.1. The summed E-state index contributed by atoms with van der Waals surface area (Å²) in [5, 5.41) is 6.71. The number of likely N-dealkylation sites (N-methyl/N-ethyl adjacent to an activating group) is 1. The molecule has 3 fully saturated rings. The molecule has 5 heteroatoms. The number of carbonyl (C=O) groups is 1. The van der Waals surface area contributed by atoms with Gasteiger partial charge in [-0.2, -0.15) is 0 Å². The number of hydrogen-bond acceptors (Lipinski definition) is 4. The molecule has 3 aliphatic heterocycles. The van der Waals surface area contributed by atoms with Crippen molar-refractivity contribution in [3.05, 3.63) is 0 Å². The van der Waals surface area contributed by atoms with Crippen LogP contribution in [0.4, 0.5) is 0 Å². The summed E-state index contributed by atoms with van der Waals surface area (Å²) in [4.78, 5) is 14.5. The van der Waals surface area contributed by atoms with E-state index >= 15 is 0 Å². The smallest absolute Gasteiger partial charge is 0.220 e. The van der Waals surface area contributed by atoms with E-state index in [1.165, 1.54) is 25.7 Å². The molecule has 3 unspecified atom stereocenters. The van der Waals surface area contributed by atoms with E-state index in [9.17, 15) is 4.79 Å². The van der Waals surface area contributed by atoms with Crippen LogP contribution in [-0.2, 0) is 9.53 Å². The zero-order valence-corrected chi connectivity index (χ0v) is 13.1. The lowest BCUT2D eigenvalue weighted by atomic mass is 9.89. The van der Waals surface area contributed by atoms with Gasteiger partial charge in [0.1, 0.15) is 0 Å². The summed E-state index contributed by atoms with van der Waals surface area (Å²) in [5.41, 5.74) is 0. The van der Waals surface area contributed by atoms with Gasteiger partial charge in [-0.3, -0.25) is 9.69 Å². The molecule has 0 aromatic carbocycles. The van der Waals surface area contributed by atoms with Crippen LogP contribution in [0.1, 0.15) is 39.0 Å². The summed E-state index contributed by atoms with van der Waals surface area (Å²) in [6.07, 6.45) is 5.79. The first kappa shape index (κ1) is 15.3. The Hall–Kier alpha value is -0.650. The number of nitrogens with one attached hydrogen (secondary N) is 2. The number of ether oxygens (including phenoxy) is 1. The fourth-order valence-electron chi connectivity index (χ4n) is 4.09. The van der Waals surface area contributed by atoms with Crippen molar-refractivity contribution in [2.45, 2.75) is 57.2 Å². The largest absolute Gasteiger partial charge is 0.374 e. The van der Waals surface area contributed by atoms with Gasteiger partial charge in [0.05, 0.1) is 12.7 Å².